The van der Waals surface area contributed by atoms with Gasteiger partial charge in [-0.15, -0.1) is 0 Å². The van der Waals surface area contributed by atoms with Crippen LogP contribution in [0.15, 0.2) is 89.7 Å². The Morgan fingerprint density at radius 2 is 1.33 bits per heavy atom. The molecule has 2 N–H and O–H groups in total. The number of guanidine groups is 1. The number of esters is 3. The van der Waals surface area contributed by atoms with Crippen molar-refractivity contribution < 1.29 is 52.5 Å². The van der Waals surface area contributed by atoms with Crippen LogP contribution in [0.4, 0.5) is 15.3 Å². The van der Waals surface area contributed by atoms with Crippen molar-refractivity contribution in [2.75, 3.05) is 19.8 Å². The molecule has 3 amide bonds. The number of benzene rings is 2. The lowest BCUT2D eigenvalue weighted by Crippen LogP contribution is -2.47. The molecule has 348 valence electrons. The van der Waals surface area contributed by atoms with E-state index in [0.29, 0.717) is 42.9 Å². The molecule has 0 radical (unpaired) electrons. The van der Waals surface area contributed by atoms with Gasteiger partial charge in [0.1, 0.15) is 23.5 Å². The predicted octanol–water partition coefficient (Wildman–Crippen LogP) is 9.32. The third kappa shape index (κ3) is 20.7. The Kier molecular flexibility index (Phi) is 21.0. The average Bonchev–Trinajstić information content (AvgIpc) is 3.27. The van der Waals surface area contributed by atoms with Crippen molar-refractivity contribution in [2.24, 2.45) is 10.9 Å². The topological polar surface area (TPSA) is 188 Å². The first-order valence-electron chi connectivity index (χ1n) is 21.9. The Morgan fingerprint density at radius 1 is 0.766 bits per heavy atom. The highest BCUT2D eigenvalue weighted by Crippen LogP contribution is 2.27. The molecule has 3 rings (SSSR count). The van der Waals surface area contributed by atoms with E-state index in [4.69, 9.17) is 23.7 Å². The number of rotatable bonds is 17. The number of carbonyl (C=O) groups excluding carboxylic acids is 6. The van der Waals surface area contributed by atoms with Crippen molar-refractivity contribution in [2.45, 2.75) is 131 Å². The summed E-state index contributed by atoms with van der Waals surface area (Å²) in [5, 5.41) is 4.84. The number of allylic oxidation sites excluding steroid dienone is 4. The number of carbonyl (C=O) groups is 6. The molecule has 2 aromatic carbocycles. The Hall–Kier alpha value is -6.25. The van der Waals surface area contributed by atoms with Crippen LogP contribution in [0.2, 0.25) is 0 Å². The van der Waals surface area contributed by atoms with E-state index in [-0.39, 0.29) is 61.9 Å². The van der Waals surface area contributed by atoms with Gasteiger partial charge in [-0.1, -0.05) is 69.2 Å². The molecule has 2 aromatic rings. The van der Waals surface area contributed by atoms with Crippen molar-refractivity contribution >= 4 is 47.6 Å². The number of nitrogens with one attached hydrogen (secondary N) is 2. The molecule has 0 fully saturated rings. The van der Waals surface area contributed by atoms with Crippen LogP contribution in [0.1, 0.15) is 128 Å². The normalized spacial score (nSPS) is 15.3. The molecule has 15 nitrogen and oxygen atoms in total. The molecule has 1 atom stereocenters. The predicted molar refractivity (Wildman–Crippen MR) is 243 cm³/mol. The summed E-state index contributed by atoms with van der Waals surface area (Å²) in [5.74, 6) is -1.86. The van der Waals surface area contributed by atoms with Gasteiger partial charge in [-0.3, -0.25) is 25.0 Å². The van der Waals surface area contributed by atoms with E-state index >= 15 is 0 Å². The van der Waals surface area contributed by atoms with E-state index < -0.39 is 35.3 Å². The number of hydrogen-bond donors (Lipinski definition) is 2. The summed E-state index contributed by atoms with van der Waals surface area (Å²) in [6, 6.07) is 13.3. The largest absolute Gasteiger partial charge is 0.465 e. The SMILES string of the molecule is C=C1/C=C\C(OC(=O)c2ccc(N=C(NC(=O)OC(C)(C)C)NC(=O)OC(C)(C)C)cc2)=C/CCCC1CC(=O)N(CC(=O)OCCCC)Cc1ccc(CC(=O)OCCCC)cc1. The minimum atomic E-state index is -0.848. The van der Waals surface area contributed by atoms with Crippen LogP contribution < -0.4 is 10.6 Å². The van der Waals surface area contributed by atoms with Crippen LogP contribution in [0.5, 0.6) is 0 Å². The number of amides is 3. The minimum Gasteiger partial charge on any atom is -0.465 e. The quantitative estimate of drug-likeness (QED) is 0.0507. The third-order valence-electron chi connectivity index (χ3n) is 9.24. The van der Waals surface area contributed by atoms with Gasteiger partial charge < -0.3 is 28.6 Å². The number of aliphatic imine (C=N–C) groups is 1. The number of nitrogens with zero attached hydrogens (tertiary/aromatic N) is 2. The van der Waals surface area contributed by atoms with Crippen molar-refractivity contribution in [3.8, 4) is 0 Å². The van der Waals surface area contributed by atoms with Crippen LogP contribution in [0.25, 0.3) is 0 Å². The zero-order valence-electron chi connectivity index (χ0n) is 38.7. The molecular weight excluding hydrogens is 821 g/mol. The van der Waals surface area contributed by atoms with Crippen molar-refractivity contribution in [1.29, 1.82) is 0 Å². The molecule has 1 unspecified atom stereocenters. The highest BCUT2D eigenvalue weighted by atomic mass is 16.6. The molecule has 64 heavy (non-hydrogen) atoms. The second kappa shape index (κ2) is 25.8. The molecule has 0 saturated carbocycles. The molecule has 0 spiro atoms. The maximum atomic E-state index is 13.9. The van der Waals surface area contributed by atoms with Crippen LogP contribution in [-0.2, 0) is 51.0 Å². The zero-order chi connectivity index (χ0) is 47.3. The van der Waals surface area contributed by atoms with Gasteiger partial charge >= 0.3 is 30.1 Å². The van der Waals surface area contributed by atoms with Gasteiger partial charge in [0.25, 0.3) is 0 Å². The summed E-state index contributed by atoms with van der Waals surface area (Å²) in [4.78, 5) is 83.1. The van der Waals surface area contributed by atoms with Crippen molar-refractivity contribution in [1.82, 2.24) is 15.5 Å². The molecule has 0 aromatic heterocycles. The van der Waals surface area contributed by atoms with Crippen LogP contribution in [0, 0.1) is 5.92 Å². The van der Waals surface area contributed by atoms with Crippen LogP contribution >= 0.6 is 0 Å². The zero-order valence-corrected chi connectivity index (χ0v) is 38.7. The maximum Gasteiger partial charge on any atom is 0.414 e. The Morgan fingerprint density at radius 3 is 1.89 bits per heavy atom. The van der Waals surface area contributed by atoms with E-state index in [2.05, 4.69) is 22.2 Å². The summed E-state index contributed by atoms with van der Waals surface area (Å²) in [6.45, 7) is 19.0. The fourth-order valence-corrected chi connectivity index (χ4v) is 5.99. The second-order valence-electron chi connectivity index (χ2n) is 17.4. The fourth-order valence-electron chi connectivity index (χ4n) is 5.99. The smallest absolute Gasteiger partial charge is 0.414 e. The summed E-state index contributed by atoms with van der Waals surface area (Å²) in [6.07, 6.45) is 8.89. The Balaban J connectivity index is 1.69. The molecule has 0 bridgehead atoms. The first kappa shape index (κ1) is 52.1. The Bertz CT molecular complexity index is 1970. The Labute approximate surface area is 377 Å². The number of hydrogen-bond acceptors (Lipinski definition) is 12. The molecule has 0 saturated heterocycles. The summed E-state index contributed by atoms with van der Waals surface area (Å²) in [7, 11) is 0. The number of alkyl carbamates (subject to hydrolysis) is 2. The average molecular weight is 887 g/mol. The van der Waals surface area contributed by atoms with E-state index in [1.165, 1.54) is 29.2 Å². The molecule has 15 heteroatoms. The molecule has 0 aliphatic heterocycles. The van der Waals surface area contributed by atoms with Gasteiger partial charge in [0.05, 0.1) is 30.9 Å². The van der Waals surface area contributed by atoms with Crippen molar-refractivity contribution in [3.63, 3.8) is 0 Å². The minimum absolute atomic E-state index is 0.0966. The maximum absolute atomic E-state index is 13.9. The van der Waals surface area contributed by atoms with Gasteiger partial charge in [-0.25, -0.2) is 19.4 Å². The van der Waals surface area contributed by atoms with Gasteiger partial charge in [0.2, 0.25) is 11.9 Å². The molecule has 1 aliphatic carbocycles. The van der Waals surface area contributed by atoms with E-state index in [9.17, 15) is 28.8 Å². The van der Waals surface area contributed by atoms with Gasteiger partial charge in [0, 0.05) is 13.0 Å². The van der Waals surface area contributed by atoms with E-state index in [0.717, 1.165) is 36.8 Å². The standard InChI is InChI=1S/C49H66N4O11/c1-10-12-28-60-42(55)30-35-19-21-36(22-20-35)32-53(33-43(56)61-29-13-11-2)41(54)31-38-16-14-15-17-40(27-18-34(38)3)62-44(57)37-23-25-39(26-24-37)50-45(51-46(58)63-48(4,5)6)52-47(59)64-49(7,8)9/h17-27,38H,3,10-16,28-33H2,1-2,4-9H3,(H2,50,51,52,58,59)/b27-18-,40-17+. The van der Waals surface area contributed by atoms with E-state index in [1.54, 1.807) is 59.8 Å². The second-order valence-corrected chi connectivity index (χ2v) is 17.4. The number of ether oxygens (including phenoxy) is 5. The molecular formula is C49H66N4O11. The summed E-state index contributed by atoms with van der Waals surface area (Å²) >= 11 is 0. The highest BCUT2D eigenvalue weighted by Gasteiger charge is 2.25. The van der Waals surface area contributed by atoms with E-state index in [1.807, 2.05) is 38.1 Å². The van der Waals surface area contributed by atoms with Gasteiger partial charge in [0.15, 0.2) is 0 Å². The lowest BCUT2D eigenvalue weighted by molar-refractivity contribution is -0.150. The van der Waals surface area contributed by atoms with Gasteiger partial charge in [-0.2, -0.15) is 0 Å². The van der Waals surface area contributed by atoms with Crippen LogP contribution in [-0.4, -0.2) is 77.8 Å². The lowest BCUT2D eigenvalue weighted by atomic mass is 9.90. The molecule has 1 aliphatic rings. The third-order valence-corrected chi connectivity index (χ3v) is 9.24. The lowest BCUT2D eigenvalue weighted by Gasteiger charge is -2.25. The monoisotopic (exact) mass is 886 g/mol. The van der Waals surface area contributed by atoms with Crippen LogP contribution in [0.3, 0.4) is 0 Å². The van der Waals surface area contributed by atoms with Gasteiger partial charge in [-0.05, 0) is 127 Å². The first-order valence-corrected chi connectivity index (χ1v) is 21.9. The summed E-state index contributed by atoms with van der Waals surface area (Å²) < 4.78 is 27.0. The first-order chi connectivity index (χ1) is 30.2. The highest BCUT2D eigenvalue weighted by molar-refractivity contribution is 6.02. The summed E-state index contributed by atoms with van der Waals surface area (Å²) in [5.41, 5.74) is 1.12. The number of unbranched alkanes of at least 4 members (excludes halogenated alkanes) is 2. The fraction of sp³-hybridized carbons (Fsp3) is 0.490. The molecule has 0 heterocycles. The van der Waals surface area contributed by atoms with Crippen molar-refractivity contribution in [3.05, 3.63) is 101 Å².